The summed E-state index contributed by atoms with van der Waals surface area (Å²) in [6.07, 6.45) is -0.618. The van der Waals surface area contributed by atoms with Crippen LogP contribution in [0.25, 0.3) is 0 Å². The smallest absolute Gasteiger partial charge is 0.408 e. The highest BCUT2D eigenvalue weighted by atomic mass is 16.6. The Morgan fingerprint density at radius 1 is 1.05 bits per heavy atom. The van der Waals surface area contributed by atoms with Crippen molar-refractivity contribution in [2.45, 2.75) is 52.7 Å². The van der Waals surface area contributed by atoms with Crippen LogP contribution in [0.15, 0.2) is 24.3 Å². The topological polar surface area (TPSA) is 67.4 Å². The summed E-state index contributed by atoms with van der Waals surface area (Å²) >= 11 is 0. The lowest BCUT2D eigenvalue weighted by Crippen LogP contribution is -2.53. The monoisotopic (exact) mass is 292 g/mol. The Morgan fingerprint density at radius 2 is 1.62 bits per heavy atom. The lowest BCUT2D eigenvalue weighted by molar-refractivity contribution is -0.121. The predicted octanol–water partition coefficient (Wildman–Crippen LogP) is 3.24. The van der Waals surface area contributed by atoms with Gasteiger partial charge in [0.15, 0.2) is 0 Å². The molecule has 21 heavy (non-hydrogen) atoms. The van der Waals surface area contributed by atoms with Gasteiger partial charge in [0, 0.05) is 5.69 Å². The quantitative estimate of drug-likeness (QED) is 0.898. The van der Waals surface area contributed by atoms with Crippen molar-refractivity contribution in [3.05, 3.63) is 29.8 Å². The molecule has 0 atom stereocenters. The van der Waals surface area contributed by atoms with Crippen LogP contribution in [0.3, 0.4) is 0 Å². The van der Waals surface area contributed by atoms with E-state index >= 15 is 0 Å². The van der Waals surface area contributed by atoms with Gasteiger partial charge in [-0.15, -0.1) is 0 Å². The molecule has 0 aromatic heterocycles. The Kier molecular flexibility index (Phi) is 4.99. The molecule has 0 radical (unpaired) electrons. The van der Waals surface area contributed by atoms with Gasteiger partial charge in [0.1, 0.15) is 11.1 Å². The molecule has 116 valence electrons. The number of anilines is 1. The Labute approximate surface area is 126 Å². The molecule has 0 saturated carbocycles. The van der Waals surface area contributed by atoms with Crippen molar-refractivity contribution in [3.8, 4) is 0 Å². The summed E-state index contributed by atoms with van der Waals surface area (Å²) < 4.78 is 5.17. The zero-order valence-corrected chi connectivity index (χ0v) is 13.5. The Morgan fingerprint density at radius 3 is 2.14 bits per heavy atom. The molecule has 0 spiro atoms. The van der Waals surface area contributed by atoms with E-state index in [4.69, 9.17) is 4.74 Å². The molecule has 1 aromatic carbocycles. The van der Waals surface area contributed by atoms with Crippen molar-refractivity contribution in [3.63, 3.8) is 0 Å². The van der Waals surface area contributed by atoms with Gasteiger partial charge < -0.3 is 15.4 Å². The van der Waals surface area contributed by atoms with Crippen molar-refractivity contribution >= 4 is 17.7 Å². The molecule has 1 rings (SSSR count). The largest absolute Gasteiger partial charge is 0.444 e. The third-order valence-corrected chi connectivity index (χ3v) is 2.77. The minimum Gasteiger partial charge on any atom is -0.444 e. The van der Waals surface area contributed by atoms with Crippen molar-refractivity contribution in [1.82, 2.24) is 5.32 Å². The van der Waals surface area contributed by atoms with Crippen LogP contribution in [0.4, 0.5) is 10.5 Å². The minimum atomic E-state index is -1.08. The Hall–Kier alpha value is -2.04. The van der Waals surface area contributed by atoms with Crippen LogP contribution in [-0.4, -0.2) is 23.1 Å². The molecule has 0 unspecified atom stereocenters. The first kappa shape index (κ1) is 17.0. The number of alkyl carbamates (subject to hydrolysis) is 1. The van der Waals surface area contributed by atoms with E-state index in [2.05, 4.69) is 10.6 Å². The van der Waals surface area contributed by atoms with Crippen molar-refractivity contribution in [1.29, 1.82) is 0 Å². The number of benzene rings is 1. The number of rotatable bonds is 3. The fourth-order valence-electron chi connectivity index (χ4n) is 1.61. The number of hydrogen-bond donors (Lipinski definition) is 2. The number of aryl methyl sites for hydroxylation is 1. The summed E-state index contributed by atoms with van der Waals surface area (Å²) in [6.45, 7) is 10.5. The molecule has 0 saturated heterocycles. The van der Waals surface area contributed by atoms with Crippen LogP contribution < -0.4 is 10.6 Å². The minimum absolute atomic E-state index is 0.303. The highest BCUT2D eigenvalue weighted by molar-refractivity contribution is 5.99. The standard InChI is InChI=1S/C16H24N2O3/c1-11-9-7-8-10-12(11)17-13(19)16(5,6)18-14(20)21-15(2,3)4/h7-10H,1-6H3,(H,17,19)(H,18,20). The molecule has 0 aliphatic rings. The second-order valence-corrected chi connectivity index (χ2v) is 6.52. The van der Waals surface area contributed by atoms with Gasteiger partial charge in [0.05, 0.1) is 0 Å². The zero-order chi connectivity index (χ0) is 16.3. The van der Waals surface area contributed by atoms with E-state index in [1.807, 2.05) is 31.2 Å². The van der Waals surface area contributed by atoms with E-state index in [-0.39, 0.29) is 5.91 Å². The van der Waals surface area contributed by atoms with Gasteiger partial charge in [0.25, 0.3) is 0 Å². The fourth-order valence-corrected chi connectivity index (χ4v) is 1.61. The van der Waals surface area contributed by atoms with Gasteiger partial charge in [-0.25, -0.2) is 4.79 Å². The van der Waals surface area contributed by atoms with Gasteiger partial charge in [-0.1, -0.05) is 18.2 Å². The normalized spacial score (nSPS) is 11.7. The molecule has 2 amide bonds. The van der Waals surface area contributed by atoms with Crippen molar-refractivity contribution in [2.75, 3.05) is 5.32 Å². The fraction of sp³-hybridized carbons (Fsp3) is 0.500. The molecular weight excluding hydrogens is 268 g/mol. The first-order chi connectivity index (χ1) is 9.51. The average molecular weight is 292 g/mol. The molecule has 0 aliphatic heterocycles. The summed E-state index contributed by atoms with van der Waals surface area (Å²) in [6, 6.07) is 7.46. The van der Waals surface area contributed by atoms with E-state index in [0.717, 1.165) is 11.3 Å². The summed E-state index contributed by atoms with van der Waals surface area (Å²) in [5.74, 6) is -0.303. The number of carbonyl (C=O) groups is 2. The molecule has 0 aliphatic carbocycles. The molecule has 0 bridgehead atoms. The molecule has 2 N–H and O–H groups in total. The van der Waals surface area contributed by atoms with E-state index in [0.29, 0.717) is 0 Å². The zero-order valence-electron chi connectivity index (χ0n) is 13.5. The number of nitrogens with one attached hydrogen (secondary N) is 2. The average Bonchev–Trinajstić information content (AvgIpc) is 2.28. The van der Waals surface area contributed by atoms with Crippen molar-refractivity contribution < 1.29 is 14.3 Å². The van der Waals surface area contributed by atoms with Crippen molar-refractivity contribution in [2.24, 2.45) is 0 Å². The second-order valence-electron chi connectivity index (χ2n) is 6.52. The molecule has 5 nitrogen and oxygen atoms in total. The van der Waals surface area contributed by atoms with Gasteiger partial charge in [-0.2, -0.15) is 0 Å². The van der Waals surface area contributed by atoms with Crippen LogP contribution in [-0.2, 0) is 9.53 Å². The van der Waals surface area contributed by atoms with Crippen LogP contribution in [0.5, 0.6) is 0 Å². The Bertz CT molecular complexity index is 531. The third-order valence-electron chi connectivity index (χ3n) is 2.77. The number of ether oxygens (including phenoxy) is 1. The molecule has 5 heteroatoms. The number of hydrogen-bond acceptors (Lipinski definition) is 3. The van der Waals surface area contributed by atoms with Crippen LogP contribution >= 0.6 is 0 Å². The molecule has 1 aromatic rings. The third kappa shape index (κ3) is 5.45. The first-order valence-electron chi connectivity index (χ1n) is 6.89. The van der Waals surface area contributed by atoms with E-state index in [1.54, 1.807) is 34.6 Å². The molecule has 0 heterocycles. The number of para-hydroxylation sites is 1. The summed E-state index contributed by atoms with van der Waals surface area (Å²) in [5, 5.41) is 5.39. The lowest BCUT2D eigenvalue weighted by Gasteiger charge is -2.27. The summed E-state index contributed by atoms with van der Waals surface area (Å²) in [5.41, 5.74) is -0.00226. The van der Waals surface area contributed by atoms with Crippen LogP contribution in [0, 0.1) is 6.92 Å². The van der Waals surface area contributed by atoms with Gasteiger partial charge in [-0.05, 0) is 53.2 Å². The van der Waals surface area contributed by atoms with Gasteiger partial charge in [0.2, 0.25) is 5.91 Å². The van der Waals surface area contributed by atoms with E-state index in [1.165, 1.54) is 0 Å². The van der Waals surface area contributed by atoms with Crippen LogP contribution in [0.1, 0.15) is 40.2 Å². The van der Waals surface area contributed by atoms with Gasteiger partial charge in [-0.3, -0.25) is 4.79 Å². The SMILES string of the molecule is Cc1ccccc1NC(=O)C(C)(C)NC(=O)OC(C)(C)C. The van der Waals surface area contributed by atoms with Crippen LogP contribution in [0.2, 0.25) is 0 Å². The maximum Gasteiger partial charge on any atom is 0.408 e. The maximum atomic E-state index is 12.3. The first-order valence-corrected chi connectivity index (χ1v) is 6.89. The predicted molar refractivity (Wildman–Crippen MR) is 83.3 cm³/mol. The lowest BCUT2D eigenvalue weighted by atomic mass is 10.0. The highest BCUT2D eigenvalue weighted by Crippen LogP contribution is 2.16. The Balaban J connectivity index is 2.72. The van der Waals surface area contributed by atoms with E-state index < -0.39 is 17.2 Å². The van der Waals surface area contributed by atoms with E-state index in [9.17, 15) is 9.59 Å². The second kappa shape index (κ2) is 6.16. The number of amides is 2. The molecular formula is C16H24N2O3. The maximum absolute atomic E-state index is 12.3. The highest BCUT2D eigenvalue weighted by Gasteiger charge is 2.31. The number of carbonyl (C=O) groups excluding carboxylic acids is 2. The summed E-state index contributed by atoms with van der Waals surface area (Å²) in [4.78, 5) is 24.1. The summed E-state index contributed by atoms with van der Waals surface area (Å²) in [7, 11) is 0. The molecule has 0 fully saturated rings. The van der Waals surface area contributed by atoms with Gasteiger partial charge >= 0.3 is 6.09 Å².